The smallest absolute Gasteiger partial charge is 0.203 e. The van der Waals surface area contributed by atoms with Crippen LogP contribution in [0.2, 0.25) is 0 Å². The number of aryl methyl sites for hydroxylation is 2. The van der Waals surface area contributed by atoms with Crippen molar-refractivity contribution in [2.75, 3.05) is 25.6 Å². The van der Waals surface area contributed by atoms with E-state index in [9.17, 15) is 0 Å². The lowest BCUT2D eigenvalue weighted by Gasteiger charge is -2.09. The topological polar surface area (TPSA) is 64.9 Å². The standard InChI is InChI=1S/C13H19N5O/c1-10-8-18(13(16-10)15-6-7-19-3)9-12-4-5-14-11(2)17-12/h4-5,8H,6-7,9H2,1-3H3,(H,15,16). The zero-order valence-electron chi connectivity index (χ0n) is 11.6. The molecule has 2 aromatic rings. The van der Waals surface area contributed by atoms with Crippen molar-refractivity contribution in [3.05, 3.63) is 35.7 Å². The Bertz CT molecular complexity index is 538. The Labute approximate surface area is 112 Å². The molecular weight excluding hydrogens is 242 g/mol. The van der Waals surface area contributed by atoms with Gasteiger partial charge in [-0.1, -0.05) is 0 Å². The van der Waals surface area contributed by atoms with Gasteiger partial charge >= 0.3 is 0 Å². The van der Waals surface area contributed by atoms with E-state index in [4.69, 9.17) is 4.74 Å². The molecule has 1 N–H and O–H groups in total. The zero-order valence-corrected chi connectivity index (χ0v) is 11.6. The molecule has 0 unspecified atom stereocenters. The maximum Gasteiger partial charge on any atom is 0.203 e. The van der Waals surface area contributed by atoms with Gasteiger partial charge in [-0.2, -0.15) is 0 Å². The number of aromatic nitrogens is 4. The molecule has 0 bridgehead atoms. The second-order valence-corrected chi connectivity index (χ2v) is 4.35. The van der Waals surface area contributed by atoms with Crippen LogP contribution in [0, 0.1) is 13.8 Å². The van der Waals surface area contributed by atoms with Crippen LogP contribution in [0.1, 0.15) is 17.2 Å². The molecule has 6 nitrogen and oxygen atoms in total. The molecule has 102 valence electrons. The minimum Gasteiger partial charge on any atom is -0.383 e. The summed E-state index contributed by atoms with van der Waals surface area (Å²) in [6.07, 6.45) is 3.78. The van der Waals surface area contributed by atoms with Crippen molar-refractivity contribution in [3.8, 4) is 0 Å². The molecule has 0 aromatic carbocycles. The first-order valence-corrected chi connectivity index (χ1v) is 6.24. The van der Waals surface area contributed by atoms with Crippen molar-refractivity contribution >= 4 is 5.95 Å². The lowest BCUT2D eigenvalue weighted by molar-refractivity contribution is 0.210. The van der Waals surface area contributed by atoms with Crippen LogP contribution in [0.4, 0.5) is 5.95 Å². The number of anilines is 1. The Morgan fingerprint density at radius 3 is 2.89 bits per heavy atom. The lowest BCUT2D eigenvalue weighted by Crippen LogP contribution is -2.13. The number of nitrogens with one attached hydrogen (secondary N) is 1. The van der Waals surface area contributed by atoms with Crippen LogP contribution < -0.4 is 5.32 Å². The third kappa shape index (κ3) is 3.75. The van der Waals surface area contributed by atoms with Gasteiger partial charge in [0.15, 0.2) is 0 Å². The molecule has 0 saturated heterocycles. The molecule has 0 aliphatic rings. The second kappa shape index (κ2) is 6.29. The fourth-order valence-electron chi connectivity index (χ4n) is 1.84. The molecule has 0 fully saturated rings. The van der Waals surface area contributed by atoms with Gasteiger partial charge in [-0.3, -0.25) is 0 Å². The summed E-state index contributed by atoms with van der Waals surface area (Å²) < 4.78 is 7.07. The summed E-state index contributed by atoms with van der Waals surface area (Å²) in [5.41, 5.74) is 1.95. The molecule has 0 aliphatic heterocycles. The minimum atomic E-state index is 0.651. The second-order valence-electron chi connectivity index (χ2n) is 4.35. The molecule has 0 saturated carbocycles. The predicted octanol–water partition coefficient (Wildman–Crippen LogP) is 1.40. The fourth-order valence-corrected chi connectivity index (χ4v) is 1.84. The van der Waals surface area contributed by atoms with Gasteiger partial charge in [0.2, 0.25) is 5.95 Å². The Balaban J connectivity index is 2.10. The monoisotopic (exact) mass is 261 g/mol. The molecule has 0 spiro atoms. The molecule has 2 rings (SSSR count). The first-order chi connectivity index (χ1) is 9.19. The normalized spacial score (nSPS) is 10.7. The number of methoxy groups -OCH3 is 1. The zero-order chi connectivity index (χ0) is 13.7. The number of hydrogen-bond acceptors (Lipinski definition) is 5. The third-order valence-corrected chi connectivity index (χ3v) is 2.65. The molecule has 2 heterocycles. The van der Waals surface area contributed by atoms with Gasteiger partial charge in [0, 0.05) is 26.0 Å². The molecule has 0 radical (unpaired) electrons. The van der Waals surface area contributed by atoms with Gasteiger partial charge in [0.25, 0.3) is 0 Å². The quantitative estimate of drug-likeness (QED) is 0.796. The number of rotatable bonds is 6. The van der Waals surface area contributed by atoms with Gasteiger partial charge in [-0.25, -0.2) is 15.0 Å². The Kier molecular flexibility index (Phi) is 4.46. The van der Waals surface area contributed by atoms with E-state index in [2.05, 4.69) is 20.3 Å². The molecular formula is C13H19N5O. The highest BCUT2D eigenvalue weighted by molar-refractivity contribution is 5.29. The third-order valence-electron chi connectivity index (χ3n) is 2.65. The maximum atomic E-state index is 5.02. The first kappa shape index (κ1) is 13.5. The van der Waals surface area contributed by atoms with E-state index in [0.29, 0.717) is 13.2 Å². The molecule has 0 aliphatic carbocycles. The highest BCUT2D eigenvalue weighted by atomic mass is 16.5. The summed E-state index contributed by atoms with van der Waals surface area (Å²) in [7, 11) is 1.68. The first-order valence-electron chi connectivity index (χ1n) is 6.24. The largest absolute Gasteiger partial charge is 0.383 e. The number of hydrogen-bond donors (Lipinski definition) is 1. The van der Waals surface area contributed by atoms with Crippen LogP contribution in [-0.4, -0.2) is 39.8 Å². The average Bonchev–Trinajstić information content (AvgIpc) is 2.70. The highest BCUT2D eigenvalue weighted by Gasteiger charge is 2.06. The van der Waals surface area contributed by atoms with E-state index < -0.39 is 0 Å². The van der Waals surface area contributed by atoms with Crippen molar-refractivity contribution in [3.63, 3.8) is 0 Å². The van der Waals surface area contributed by atoms with Crippen molar-refractivity contribution in [1.29, 1.82) is 0 Å². The van der Waals surface area contributed by atoms with Crippen molar-refractivity contribution < 1.29 is 4.74 Å². The number of imidazole rings is 1. The van der Waals surface area contributed by atoms with E-state index >= 15 is 0 Å². The maximum absolute atomic E-state index is 5.02. The molecule has 6 heteroatoms. The van der Waals surface area contributed by atoms with Crippen LogP contribution in [0.5, 0.6) is 0 Å². The van der Waals surface area contributed by atoms with Crippen LogP contribution in [0.15, 0.2) is 18.5 Å². The summed E-state index contributed by atoms with van der Waals surface area (Å²) in [6, 6.07) is 1.92. The van der Waals surface area contributed by atoms with Gasteiger partial charge in [0.1, 0.15) is 5.82 Å². The lowest BCUT2D eigenvalue weighted by atomic mass is 10.4. The Hall–Kier alpha value is -1.95. The summed E-state index contributed by atoms with van der Waals surface area (Å²) in [4.78, 5) is 13.0. The van der Waals surface area contributed by atoms with E-state index in [1.165, 1.54) is 0 Å². The van der Waals surface area contributed by atoms with Crippen molar-refractivity contribution in [2.24, 2.45) is 0 Å². The van der Waals surface area contributed by atoms with Gasteiger partial charge in [0.05, 0.1) is 24.5 Å². The summed E-state index contributed by atoms with van der Waals surface area (Å²) in [6.45, 7) is 5.93. The molecule has 0 atom stereocenters. The molecule has 0 amide bonds. The summed E-state index contributed by atoms with van der Waals surface area (Å²) in [5.74, 6) is 1.62. The van der Waals surface area contributed by atoms with E-state index in [1.807, 2.05) is 30.7 Å². The van der Waals surface area contributed by atoms with E-state index in [1.54, 1.807) is 13.3 Å². The average molecular weight is 261 g/mol. The van der Waals surface area contributed by atoms with Crippen molar-refractivity contribution in [2.45, 2.75) is 20.4 Å². The minimum absolute atomic E-state index is 0.651. The number of nitrogens with zero attached hydrogens (tertiary/aromatic N) is 4. The van der Waals surface area contributed by atoms with Crippen LogP contribution in [-0.2, 0) is 11.3 Å². The Morgan fingerprint density at radius 2 is 2.16 bits per heavy atom. The van der Waals surface area contributed by atoms with Gasteiger partial charge in [-0.05, 0) is 19.9 Å². The van der Waals surface area contributed by atoms with Gasteiger partial charge in [-0.15, -0.1) is 0 Å². The van der Waals surface area contributed by atoms with E-state index in [-0.39, 0.29) is 0 Å². The van der Waals surface area contributed by atoms with Gasteiger partial charge < -0.3 is 14.6 Å². The SMILES string of the molecule is COCCNc1nc(C)cn1Cc1ccnc(C)n1. The summed E-state index contributed by atoms with van der Waals surface area (Å²) >= 11 is 0. The molecule has 2 aromatic heterocycles. The Morgan fingerprint density at radius 1 is 1.32 bits per heavy atom. The van der Waals surface area contributed by atoms with Crippen molar-refractivity contribution in [1.82, 2.24) is 19.5 Å². The summed E-state index contributed by atoms with van der Waals surface area (Å²) in [5, 5.41) is 3.25. The predicted molar refractivity (Wildman–Crippen MR) is 73.2 cm³/mol. The van der Waals surface area contributed by atoms with E-state index in [0.717, 1.165) is 29.7 Å². The molecule has 19 heavy (non-hydrogen) atoms. The highest BCUT2D eigenvalue weighted by Crippen LogP contribution is 2.10. The van der Waals surface area contributed by atoms with Crippen LogP contribution in [0.3, 0.4) is 0 Å². The fraction of sp³-hybridized carbons (Fsp3) is 0.462. The number of ether oxygens (including phenoxy) is 1. The van der Waals surface area contributed by atoms with Crippen LogP contribution in [0.25, 0.3) is 0 Å². The van der Waals surface area contributed by atoms with Crippen LogP contribution >= 0.6 is 0 Å².